The van der Waals surface area contributed by atoms with Crippen LogP contribution in [-0.2, 0) is 4.74 Å². The largest absolute Gasteiger partial charge is 0.383 e. The molecule has 1 aliphatic heterocycles. The fraction of sp³-hybridized carbons (Fsp3) is 0.333. The Labute approximate surface area is 181 Å². The first kappa shape index (κ1) is 21.2. The van der Waals surface area contributed by atoms with Gasteiger partial charge in [0.15, 0.2) is 0 Å². The van der Waals surface area contributed by atoms with E-state index < -0.39 is 0 Å². The number of carbonyl (C=O) groups is 1. The van der Waals surface area contributed by atoms with E-state index in [0.717, 1.165) is 35.2 Å². The Morgan fingerprint density at radius 2 is 2.03 bits per heavy atom. The van der Waals surface area contributed by atoms with Crippen LogP contribution in [0.25, 0.3) is 10.9 Å². The van der Waals surface area contributed by atoms with Gasteiger partial charge in [-0.1, -0.05) is 30.3 Å². The summed E-state index contributed by atoms with van der Waals surface area (Å²) < 4.78 is 19.0. The van der Waals surface area contributed by atoms with Crippen molar-refractivity contribution in [1.29, 1.82) is 0 Å². The van der Waals surface area contributed by atoms with E-state index in [4.69, 9.17) is 4.74 Å². The molecular formula is C24H27FN4O2. The van der Waals surface area contributed by atoms with Gasteiger partial charge in [-0.3, -0.25) is 9.88 Å². The SMILES string of the molecule is COCCN1C[C@@H](NC(=O)Nc2cc3ccccc3nc2C)[C@H](c2cccc(F)c2)C1. The molecule has 1 fully saturated rings. The van der Waals surface area contributed by atoms with Gasteiger partial charge in [-0.15, -0.1) is 0 Å². The lowest BCUT2D eigenvalue weighted by Crippen LogP contribution is -2.42. The van der Waals surface area contributed by atoms with Gasteiger partial charge in [0.25, 0.3) is 0 Å². The first-order valence-corrected chi connectivity index (χ1v) is 10.4. The van der Waals surface area contributed by atoms with Crippen LogP contribution in [0.1, 0.15) is 17.2 Å². The summed E-state index contributed by atoms with van der Waals surface area (Å²) in [5.41, 5.74) is 3.20. The predicted molar refractivity (Wildman–Crippen MR) is 120 cm³/mol. The Balaban J connectivity index is 1.50. The van der Waals surface area contributed by atoms with Crippen molar-refractivity contribution in [2.75, 3.05) is 38.7 Å². The smallest absolute Gasteiger partial charge is 0.319 e. The average molecular weight is 423 g/mol. The molecule has 31 heavy (non-hydrogen) atoms. The molecule has 6 nitrogen and oxygen atoms in total. The fourth-order valence-electron chi connectivity index (χ4n) is 4.18. The second kappa shape index (κ2) is 9.41. The molecule has 0 aliphatic carbocycles. The van der Waals surface area contributed by atoms with Crippen molar-refractivity contribution >= 4 is 22.6 Å². The first-order chi connectivity index (χ1) is 15.0. The van der Waals surface area contributed by atoms with Gasteiger partial charge in [0.2, 0.25) is 0 Å². The molecule has 2 aromatic carbocycles. The number of benzene rings is 2. The molecule has 1 aromatic heterocycles. The van der Waals surface area contributed by atoms with Gasteiger partial charge in [0, 0.05) is 38.0 Å². The maximum atomic E-state index is 13.8. The van der Waals surface area contributed by atoms with Crippen molar-refractivity contribution in [3.05, 3.63) is 71.7 Å². The highest BCUT2D eigenvalue weighted by Crippen LogP contribution is 2.28. The van der Waals surface area contributed by atoms with Crippen LogP contribution in [0.2, 0.25) is 0 Å². The number of likely N-dealkylation sites (tertiary alicyclic amines) is 1. The summed E-state index contributed by atoms with van der Waals surface area (Å²) in [7, 11) is 1.67. The average Bonchev–Trinajstić information content (AvgIpc) is 3.15. The minimum Gasteiger partial charge on any atom is -0.383 e. The van der Waals surface area contributed by atoms with E-state index in [0.29, 0.717) is 18.8 Å². The molecule has 0 radical (unpaired) electrons. The second-order valence-corrected chi connectivity index (χ2v) is 7.93. The molecule has 1 aliphatic rings. The van der Waals surface area contributed by atoms with Crippen LogP contribution in [0.3, 0.4) is 0 Å². The molecule has 2 amide bonds. The number of halogens is 1. The van der Waals surface area contributed by atoms with Crippen LogP contribution in [0.15, 0.2) is 54.6 Å². The number of ether oxygens (including phenoxy) is 1. The second-order valence-electron chi connectivity index (χ2n) is 7.93. The quantitative estimate of drug-likeness (QED) is 0.632. The van der Waals surface area contributed by atoms with Crippen molar-refractivity contribution in [3.63, 3.8) is 0 Å². The molecule has 1 saturated heterocycles. The lowest BCUT2D eigenvalue weighted by Gasteiger charge is -2.21. The fourth-order valence-corrected chi connectivity index (χ4v) is 4.18. The lowest BCUT2D eigenvalue weighted by molar-refractivity contribution is 0.159. The molecule has 2 N–H and O–H groups in total. The number of aromatic nitrogens is 1. The van der Waals surface area contributed by atoms with Crippen LogP contribution in [-0.4, -0.2) is 55.3 Å². The van der Waals surface area contributed by atoms with E-state index in [1.807, 2.05) is 43.3 Å². The molecule has 0 spiro atoms. The van der Waals surface area contributed by atoms with Crippen molar-refractivity contribution in [2.45, 2.75) is 18.9 Å². The maximum Gasteiger partial charge on any atom is 0.319 e. The summed E-state index contributed by atoms with van der Waals surface area (Å²) in [5.74, 6) is -0.275. The Bertz CT molecular complexity index is 1070. The molecule has 0 saturated carbocycles. The number of anilines is 1. The van der Waals surface area contributed by atoms with Gasteiger partial charge in [0.1, 0.15) is 5.82 Å². The zero-order valence-electron chi connectivity index (χ0n) is 17.8. The van der Waals surface area contributed by atoms with Crippen LogP contribution >= 0.6 is 0 Å². The number of rotatable bonds is 6. The third-order valence-corrected chi connectivity index (χ3v) is 5.76. The number of methoxy groups -OCH3 is 1. The predicted octanol–water partition coefficient (Wildman–Crippen LogP) is 3.92. The summed E-state index contributed by atoms with van der Waals surface area (Å²) in [6, 6.07) is 15.9. The van der Waals surface area contributed by atoms with Gasteiger partial charge >= 0.3 is 6.03 Å². The Morgan fingerprint density at radius 3 is 2.84 bits per heavy atom. The number of hydrogen-bond donors (Lipinski definition) is 2. The molecular weight excluding hydrogens is 395 g/mol. The number of carbonyl (C=O) groups excluding carboxylic acids is 1. The monoisotopic (exact) mass is 422 g/mol. The number of para-hydroxylation sites is 1. The van der Waals surface area contributed by atoms with E-state index >= 15 is 0 Å². The molecule has 3 aromatic rings. The molecule has 162 valence electrons. The van der Waals surface area contributed by atoms with Gasteiger partial charge in [-0.25, -0.2) is 9.18 Å². The highest BCUT2D eigenvalue weighted by molar-refractivity contribution is 5.93. The third-order valence-electron chi connectivity index (χ3n) is 5.76. The number of amides is 2. The maximum absolute atomic E-state index is 13.8. The van der Waals surface area contributed by atoms with E-state index in [1.54, 1.807) is 19.2 Å². The number of aryl methyl sites for hydroxylation is 1. The van der Waals surface area contributed by atoms with Gasteiger partial charge in [-0.05, 0) is 36.8 Å². The first-order valence-electron chi connectivity index (χ1n) is 10.4. The summed E-state index contributed by atoms with van der Waals surface area (Å²) in [6.07, 6.45) is 0. The summed E-state index contributed by atoms with van der Waals surface area (Å²) in [6.45, 7) is 4.65. The van der Waals surface area contributed by atoms with Gasteiger partial charge < -0.3 is 15.4 Å². The lowest BCUT2D eigenvalue weighted by atomic mass is 9.94. The molecule has 4 rings (SSSR count). The number of hydrogen-bond acceptors (Lipinski definition) is 4. The zero-order valence-corrected chi connectivity index (χ0v) is 17.8. The minimum atomic E-state index is -0.292. The Kier molecular flexibility index (Phi) is 6.44. The molecule has 0 bridgehead atoms. The number of urea groups is 1. The van der Waals surface area contributed by atoms with E-state index in [2.05, 4.69) is 20.5 Å². The summed E-state index contributed by atoms with van der Waals surface area (Å²) in [4.78, 5) is 19.7. The van der Waals surface area contributed by atoms with Crippen molar-refractivity contribution < 1.29 is 13.9 Å². The number of fused-ring (bicyclic) bond motifs is 1. The minimum absolute atomic E-state index is 0.00543. The summed E-state index contributed by atoms with van der Waals surface area (Å²) >= 11 is 0. The highest BCUT2D eigenvalue weighted by atomic mass is 19.1. The molecule has 0 unspecified atom stereocenters. The van der Waals surface area contributed by atoms with Crippen LogP contribution in [0.5, 0.6) is 0 Å². The number of pyridine rings is 1. The van der Waals surface area contributed by atoms with Crippen molar-refractivity contribution in [2.24, 2.45) is 0 Å². The number of nitrogens with zero attached hydrogens (tertiary/aromatic N) is 2. The van der Waals surface area contributed by atoms with E-state index in [9.17, 15) is 9.18 Å². The third kappa shape index (κ3) is 5.00. The zero-order chi connectivity index (χ0) is 21.8. The molecule has 7 heteroatoms. The van der Waals surface area contributed by atoms with E-state index in [1.165, 1.54) is 6.07 Å². The van der Waals surface area contributed by atoms with E-state index in [-0.39, 0.29) is 23.8 Å². The Hall–Kier alpha value is -3.03. The van der Waals surface area contributed by atoms with Crippen LogP contribution in [0, 0.1) is 12.7 Å². The topological polar surface area (TPSA) is 66.5 Å². The number of nitrogens with one attached hydrogen (secondary N) is 2. The molecule has 2 heterocycles. The normalized spacial score (nSPS) is 18.9. The standard InChI is InChI=1S/C24H27FN4O2/c1-16-22(13-18-6-3-4-9-21(18)26-16)27-24(30)28-23-15-29(10-11-31-2)14-20(23)17-7-5-8-19(25)12-17/h3-9,12-13,20,23H,10-11,14-15H2,1-2H3,(H2,27,28,30)/t20-,23+/m0/s1. The van der Waals surface area contributed by atoms with Gasteiger partial charge in [0.05, 0.1) is 29.5 Å². The van der Waals surface area contributed by atoms with Crippen LogP contribution in [0.4, 0.5) is 14.9 Å². The van der Waals surface area contributed by atoms with Gasteiger partial charge in [-0.2, -0.15) is 0 Å². The van der Waals surface area contributed by atoms with Crippen molar-refractivity contribution in [1.82, 2.24) is 15.2 Å². The highest BCUT2D eigenvalue weighted by Gasteiger charge is 2.34. The Morgan fingerprint density at radius 1 is 1.19 bits per heavy atom. The molecule has 2 atom stereocenters. The van der Waals surface area contributed by atoms with Crippen molar-refractivity contribution in [3.8, 4) is 0 Å². The van der Waals surface area contributed by atoms with Crippen LogP contribution < -0.4 is 10.6 Å². The summed E-state index contributed by atoms with van der Waals surface area (Å²) in [5, 5.41) is 7.00.